The van der Waals surface area contributed by atoms with Gasteiger partial charge in [0.2, 0.25) is 0 Å². The molecule has 0 fully saturated rings. The van der Waals surface area contributed by atoms with Gasteiger partial charge in [0.1, 0.15) is 0 Å². The SMILES string of the molecule is C.C.CCOC(=O)OC. The third kappa shape index (κ3) is 11.1. The van der Waals surface area contributed by atoms with Gasteiger partial charge in [-0.25, -0.2) is 4.79 Å². The molecular formula is C6H16O3. The molecule has 0 heterocycles. The maximum Gasteiger partial charge on any atom is 0.507 e. The molecule has 0 amide bonds. The highest BCUT2D eigenvalue weighted by Crippen LogP contribution is 1.77. The van der Waals surface area contributed by atoms with Gasteiger partial charge in [-0.2, -0.15) is 0 Å². The molecule has 0 aromatic rings. The fourth-order valence-electron chi connectivity index (χ4n) is 0.177. The largest absolute Gasteiger partial charge is 0.507 e. The zero-order valence-electron chi connectivity index (χ0n) is 4.43. The maximum atomic E-state index is 9.97. The van der Waals surface area contributed by atoms with Gasteiger partial charge in [-0.1, -0.05) is 14.9 Å². The lowest BCUT2D eigenvalue weighted by Gasteiger charge is -1.94. The van der Waals surface area contributed by atoms with Crippen molar-refractivity contribution in [2.75, 3.05) is 13.7 Å². The first-order valence-corrected chi connectivity index (χ1v) is 2.02. The first-order valence-electron chi connectivity index (χ1n) is 2.02. The molecule has 9 heavy (non-hydrogen) atoms. The van der Waals surface area contributed by atoms with Crippen LogP contribution in [0.2, 0.25) is 0 Å². The van der Waals surface area contributed by atoms with E-state index < -0.39 is 6.16 Å². The Morgan fingerprint density at radius 1 is 1.44 bits per heavy atom. The van der Waals surface area contributed by atoms with Gasteiger partial charge in [-0.3, -0.25) is 0 Å². The van der Waals surface area contributed by atoms with Crippen molar-refractivity contribution in [1.29, 1.82) is 0 Å². The van der Waals surface area contributed by atoms with Crippen molar-refractivity contribution in [3.63, 3.8) is 0 Å². The monoisotopic (exact) mass is 136 g/mol. The second kappa shape index (κ2) is 10.3. The first kappa shape index (κ1) is 15.7. The fraction of sp³-hybridized carbons (Fsp3) is 0.833. The predicted molar refractivity (Wildman–Crippen MR) is 37.5 cm³/mol. The molecule has 0 saturated carbocycles. The normalized spacial score (nSPS) is 6.00. The standard InChI is InChI=1S/C4H8O3.2CH4/c1-3-7-4(5)6-2;;/h3H2,1-2H3;2*1H4. The lowest BCUT2D eigenvalue weighted by Crippen LogP contribution is -2.02. The Bertz CT molecular complexity index is 61.3. The number of ether oxygens (including phenoxy) is 2. The molecular weight excluding hydrogens is 120 g/mol. The summed E-state index contributed by atoms with van der Waals surface area (Å²) >= 11 is 0. The highest BCUT2D eigenvalue weighted by Gasteiger charge is 1.92. The van der Waals surface area contributed by atoms with Crippen LogP contribution in [0.3, 0.4) is 0 Å². The molecule has 0 bridgehead atoms. The van der Waals surface area contributed by atoms with Crippen LogP contribution >= 0.6 is 0 Å². The number of hydrogen-bond donors (Lipinski definition) is 0. The minimum Gasteiger partial charge on any atom is -0.438 e. The summed E-state index contributed by atoms with van der Waals surface area (Å²) in [5.41, 5.74) is 0. The minimum absolute atomic E-state index is 0. The minimum atomic E-state index is -0.623. The smallest absolute Gasteiger partial charge is 0.438 e. The summed E-state index contributed by atoms with van der Waals surface area (Å²) in [5.74, 6) is 0. The molecule has 3 nitrogen and oxygen atoms in total. The third-order valence-corrected chi connectivity index (χ3v) is 0.429. The van der Waals surface area contributed by atoms with Crippen LogP contribution in [0.25, 0.3) is 0 Å². The molecule has 0 aliphatic heterocycles. The van der Waals surface area contributed by atoms with Crippen LogP contribution in [-0.4, -0.2) is 19.9 Å². The zero-order chi connectivity index (χ0) is 5.70. The summed E-state index contributed by atoms with van der Waals surface area (Å²) in [5, 5.41) is 0. The first-order chi connectivity index (χ1) is 3.31. The van der Waals surface area contributed by atoms with E-state index in [1.165, 1.54) is 7.11 Å². The van der Waals surface area contributed by atoms with Crippen LogP contribution in [0.4, 0.5) is 4.79 Å². The van der Waals surface area contributed by atoms with Gasteiger partial charge >= 0.3 is 6.16 Å². The topological polar surface area (TPSA) is 35.5 Å². The van der Waals surface area contributed by atoms with Crippen LogP contribution in [0.1, 0.15) is 21.8 Å². The molecule has 0 unspecified atom stereocenters. The third-order valence-electron chi connectivity index (χ3n) is 0.429. The fourth-order valence-corrected chi connectivity index (χ4v) is 0.177. The van der Waals surface area contributed by atoms with Crippen molar-refractivity contribution in [3.05, 3.63) is 0 Å². The Labute approximate surface area is 57.0 Å². The van der Waals surface area contributed by atoms with E-state index in [1.807, 2.05) is 0 Å². The van der Waals surface area contributed by atoms with Crippen molar-refractivity contribution in [2.24, 2.45) is 0 Å². The molecule has 0 N–H and O–H groups in total. The molecule has 0 aliphatic carbocycles. The molecule has 3 heteroatoms. The molecule has 0 rings (SSSR count). The average molecular weight is 136 g/mol. The van der Waals surface area contributed by atoms with Crippen molar-refractivity contribution in [2.45, 2.75) is 21.8 Å². The van der Waals surface area contributed by atoms with Gasteiger partial charge in [0, 0.05) is 0 Å². The Morgan fingerprint density at radius 3 is 2.00 bits per heavy atom. The van der Waals surface area contributed by atoms with Gasteiger partial charge in [-0.15, -0.1) is 0 Å². The highest BCUT2D eigenvalue weighted by molar-refractivity contribution is 5.59. The molecule has 0 spiro atoms. The van der Waals surface area contributed by atoms with E-state index in [0.717, 1.165) is 0 Å². The molecule has 0 saturated heterocycles. The number of carbonyl (C=O) groups is 1. The molecule has 0 radical (unpaired) electrons. The number of rotatable bonds is 1. The van der Waals surface area contributed by atoms with Crippen LogP contribution in [0.5, 0.6) is 0 Å². The van der Waals surface area contributed by atoms with Crippen molar-refractivity contribution >= 4 is 6.16 Å². The van der Waals surface area contributed by atoms with Crippen LogP contribution < -0.4 is 0 Å². The summed E-state index contributed by atoms with van der Waals surface area (Å²) in [6.07, 6.45) is -0.623. The second-order valence-electron chi connectivity index (χ2n) is 0.887. The molecule has 0 aromatic carbocycles. The Balaban J connectivity index is -0.000000180. The van der Waals surface area contributed by atoms with Gasteiger partial charge in [-0.05, 0) is 6.92 Å². The van der Waals surface area contributed by atoms with Crippen molar-refractivity contribution < 1.29 is 14.3 Å². The number of methoxy groups -OCH3 is 1. The van der Waals surface area contributed by atoms with Crippen molar-refractivity contribution in [3.8, 4) is 0 Å². The Morgan fingerprint density at radius 2 is 1.89 bits per heavy atom. The van der Waals surface area contributed by atoms with Gasteiger partial charge in [0.15, 0.2) is 0 Å². The van der Waals surface area contributed by atoms with Crippen molar-refractivity contribution in [1.82, 2.24) is 0 Å². The van der Waals surface area contributed by atoms with E-state index in [0.29, 0.717) is 6.61 Å². The molecule has 0 aromatic heterocycles. The lowest BCUT2D eigenvalue weighted by molar-refractivity contribution is 0.0771. The number of hydrogen-bond acceptors (Lipinski definition) is 3. The summed E-state index contributed by atoms with van der Waals surface area (Å²) in [7, 11) is 1.28. The van der Waals surface area contributed by atoms with E-state index in [2.05, 4.69) is 9.47 Å². The second-order valence-corrected chi connectivity index (χ2v) is 0.887. The number of carbonyl (C=O) groups excluding carboxylic acids is 1. The van der Waals surface area contributed by atoms with Gasteiger partial charge in [0.05, 0.1) is 13.7 Å². The van der Waals surface area contributed by atoms with Gasteiger partial charge in [0.25, 0.3) is 0 Å². The van der Waals surface area contributed by atoms with E-state index in [1.54, 1.807) is 6.92 Å². The molecule has 0 aliphatic rings. The molecule has 0 atom stereocenters. The quantitative estimate of drug-likeness (QED) is 0.517. The van der Waals surface area contributed by atoms with E-state index in [-0.39, 0.29) is 14.9 Å². The van der Waals surface area contributed by atoms with E-state index in [4.69, 9.17) is 0 Å². The van der Waals surface area contributed by atoms with Gasteiger partial charge < -0.3 is 9.47 Å². The van der Waals surface area contributed by atoms with E-state index in [9.17, 15) is 4.79 Å². The lowest BCUT2D eigenvalue weighted by atomic mass is 10.9. The predicted octanol–water partition coefficient (Wildman–Crippen LogP) is 2.06. The van der Waals surface area contributed by atoms with Crippen LogP contribution in [-0.2, 0) is 9.47 Å². The Kier molecular flexibility index (Phi) is 18.0. The molecule has 58 valence electrons. The summed E-state index contributed by atoms with van der Waals surface area (Å²) < 4.78 is 8.46. The van der Waals surface area contributed by atoms with Crippen LogP contribution in [0, 0.1) is 0 Å². The summed E-state index contributed by atoms with van der Waals surface area (Å²) in [4.78, 5) is 9.97. The summed E-state index contributed by atoms with van der Waals surface area (Å²) in [6.45, 7) is 2.09. The zero-order valence-corrected chi connectivity index (χ0v) is 4.43. The Hall–Kier alpha value is -0.730. The maximum absolute atomic E-state index is 9.97. The average Bonchev–Trinajstić information content (AvgIpc) is 1.68. The van der Waals surface area contributed by atoms with E-state index >= 15 is 0 Å². The highest BCUT2D eigenvalue weighted by atomic mass is 16.7. The van der Waals surface area contributed by atoms with Crippen LogP contribution in [0.15, 0.2) is 0 Å². The summed E-state index contributed by atoms with van der Waals surface area (Å²) in [6, 6.07) is 0.